The number of benzene rings is 1. The summed E-state index contributed by atoms with van der Waals surface area (Å²) in [5.41, 5.74) is 0.253. The Bertz CT molecular complexity index is 1080. The lowest BCUT2D eigenvalue weighted by Gasteiger charge is -2.19. The van der Waals surface area contributed by atoms with Crippen LogP contribution in [0, 0.1) is 0 Å². The molecule has 4 rings (SSSR count). The predicted molar refractivity (Wildman–Crippen MR) is 110 cm³/mol. The summed E-state index contributed by atoms with van der Waals surface area (Å²) in [6, 6.07) is 9.53. The van der Waals surface area contributed by atoms with Crippen LogP contribution >= 0.6 is 11.3 Å². The minimum atomic E-state index is -3.55. The van der Waals surface area contributed by atoms with Crippen molar-refractivity contribution >= 4 is 27.3 Å². The van der Waals surface area contributed by atoms with E-state index in [4.69, 9.17) is 9.15 Å². The molecule has 3 aromatic rings. The number of ether oxygens (including phenoxy) is 1. The van der Waals surface area contributed by atoms with Gasteiger partial charge < -0.3 is 9.15 Å². The van der Waals surface area contributed by atoms with E-state index in [1.807, 2.05) is 17.5 Å². The van der Waals surface area contributed by atoms with Crippen LogP contribution in [0.2, 0.25) is 0 Å². The number of rotatable bonds is 6. The summed E-state index contributed by atoms with van der Waals surface area (Å²) in [7, 11) is -3.55. The summed E-state index contributed by atoms with van der Waals surface area (Å²) in [6.07, 6.45) is 3.83. The number of aromatic nitrogens is 2. The topological polar surface area (TPSA) is 103 Å². The highest BCUT2D eigenvalue weighted by Gasteiger charge is 2.25. The van der Waals surface area contributed by atoms with Crippen molar-refractivity contribution in [3.8, 4) is 10.8 Å². The fourth-order valence-corrected chi connectivity index (χ4v) is 5.38. The van der Waals surface area contributed by atoms with Crippen LogP contribution in [0.3, 0.4) is 0 Å². The van der Waals surface area contributed by atoms with E-state index >= 15 is 0 Å². The molecule has 0 bridgehead atoms. The van der Waals surface area contributed by atoms with Gasteiger partial charge in [-0.15, -0.1) is 21.5 Å². The van der Waals surface area contributed by atoms with E-state index in [1.165, 1.54) is 39.9 Å². The second-order valence-electron chi connectivity index (χ2n) is 6.90. The third-order valence-corrected chi connectivity index (χ3v) is 7.59. The van der Waals surface area contributed by atoms with E-state index < -0.39 is 16.0 Å². The summed E-state index contributed by atoms with van der Waals surface area (Å²) < 4.78 is 37.8. The zero-order valence-corrected chi connectivity index (χ0v) is 17.8. The SMILES string of the molecule is O=C(OCc1nnc(-c2cccs2)o1)c1ccc(S(=O)(=O)N2CCCCCC2)cc1. The molecule has 0 aliphatic carbocycles. The van der Waals surface area contributed by atoms with Gasteiger partial charge in [0.15, 0.2) is 6.61 Å². The van der Waals surface area contributed by atoms with Gasteiger partial charge in [0.25, 0.3) is 11.8 Å². The Balaban J connectivity index is 1.38. The summed E-state index contributed by atoms with van der Waals surface area (Å²) in [5.74, 6) is -0.0316. The van der Waals surface area contributed by atoms with Gasteiger partial charge in [0, 0.05) is 13.1 Å². The summed E-state index contributed by atoms with van der Waals surface area (Å²) in [5, 5.41) is 9.70. The molecule has 1 aliphatic heterocycles. The lowest BCUT2D eigenvalue weighted by atomic mass is 10.2. The Morgan fingerprint density at radius 2 is 1.80 bits per heavy atom. The summed E-state index contributed by atoms with van der Waals surface area (Å²) in [4.78, 5) is 13.3. The quantitative estimate of drug-likeness (QED) is 0.531. The second kappa shape index (κ2) is 9.07. The number of carbonyl (C=O) groups is 1. The van der Waals surface area contributed by atoms with Gasteiger partial charge in [-0.05, 0) is 48.6 Å². The third kappa shape index (κ3) is 4.61. The first kappa shape index (κ1) is 20.7. The average Bonchev–Trinajstić information content (AvgIpc) is 3.38. The first-order valence-corrected chi connectivity index (χ1v) is 12.0. The van der Waals surface area contributed by atoms with Crippen LogP contribution in [0.5, 0.6) is 0 Å². The summed E-state index contributed by atoms with van der Waals surface area (Å²) >= 11 is 1.47. The zero-order valence-electron chi connectivity index (χ0n) is 16.2. The zero-order chi connectivity index (χ0) is 21.0. The minimum absolute atomic E-state index is 0.162. The largest absolute Gasteiger partial charge is 0.452 e. The smallest absolute Gasteiger partial charge is 0.338 e. The Morgan fingerprint density at radius 1 is 1.07 bits per heavy atom. The van der Waals surface area contributed by atoms with Gasteiger partial charge in [-0.1, -0.05) is 18.9 Å². The van der Waals surface area contributed by atoms with E-state index in [0.717, 1.165) is 30.6 Å². The van der Waals surface area contributed by atoms with Gasteiger partial charge in [-0.2, -0.15) is 4.31 Å². The number of thiophene rings is 1. The fourth-order valence-electron chi connectivity index (χ4n) is 3.22. The molecule has 1 aliphatic rings. The van der Waals surface area contributed by atoms with Gasteiger partial charge in [-0.3, -0.25) is 0 Å². The lowest BCUT2D eigenvalue weighted by molar-refractivity contribution is 0.0438. The van der Waals surface area contributed by atoms with Gasteiger partial charge in [0.2, 0.25) is 10.0 Å². The highest BCUT2D eigenvalue weighted by molar-refractivity contribution is 7.89. The van der Waals surface area contributed by atoms with Gasteiger partial charge in [0.05, 0.1) is 15.3 Å². The number of carbonyl (C=O) groups excluding carboxylic acids is 1. The van der Waals surface area contributed by atoms with Crippen molar-refractivity contribution in [2.24, 2.45) is 0 Å². The Labute approximate surface area is 178 Å². The molecule has 0 spiro atoms. The molecule has 3 heterocycles. The molecule has 1 saturated heterocycles. The van der Waals surface area contributed by atoms with Crippen LogP contribution in [0.4, 0.5) is 0 Å². The molecule has 2 aromatic heterocycles. The second-order valence-corrected chi connectivity index (χ2v) is 9.78. The van der Waals surface area contributed by atoms with Crippen LogP contribution < -0.4 is 0 Å². The standard InChI is InChI=1S/C20H21N3O5S2/c24-20(27-14-18-21-22-19(28-18)17-6-5-13-29-17)15-7-9-16(10-8-15)30(25,26)23-11-3-1-2-4-12-23/h5-10,13H,1-4,11-12,14H2. The van der Waals surface area contributed by atoms with Crippen molar-refractivity contribution in [1.82, 2.24) is 14.5 Å². The maximum atomic E-state index is 12.8. The number of hydrogen-bond donors (Lipinski definition) is 0. The minimum Gasteiger partial charge on any atom is -0.452 e. The van der Waals surface area contributed by atoms with E-state index in [1.54, 1.807) is 0 Å². The molecule has 30 heavy (non-hydrogen) atoms. The van der Waals surface area contributed by atoms with Gasteiger partial charge in [0.1, 0.15) is 0 Å². The predicted octanol–water partition coefficient (Wildman–Crippen LogP) is 3.72. The third-order valence-electron chi connectivity index (χ3n) is 4.82. The van der Waals surface area contributed by atoms with Crippen molar-refractivity contribution in [3.63, 3.8) is 0 Å². The lowest BCUT2D eigenvalue weighted by Crippen LogP contribution is -2.31. The molecule has 0 saturated carbocycles. The molecular formula is C20H21N3O5S2. The molecule has 158 valence electrons. The summed E-state index contributed by atoms with van der Waals surface area (Å²) in [6.45, 7) is 0.901. The van der Waals surface area contributed by atoms with E-state index in [0.29, 0.717) is 19.0 Å². The van der Waals surface area contributed by atoms with Crippen LogP contribution in [-0.4, -0.2) is 42.0 Å². The maximum absolute atomic E-state index is 12.8. The van der Waals surface area contributed by atoms with Crippen LogP contribution in [0.1, 0.15) is 41.9 Å². The fraction of sp³-hybridized carbons (Fsp3) is 0.350. The molecule has 10 heteroatoms. The Hall–Kier alpha value is -2.56. The number of nitrogens with zero attached hydrogens (tertiary/aromatic N) is 3. The highest BCUT2D eigenvalue weighted by Crippen LogP contribution is 2.24. The number of sulfonamides is 1. The maximum Gasteiger partial charge on any atom is 0.338 e. The van der Waals surface area contributed by atoms with Crippen LogP contribution in [-0.2, 0) is 21.4 Å². The van der Waals surface area contributed by atoms with E-state index in [-0.39, 0.29) is 23.0 Å². The Morgan fingerprint density at radius 3 is 2.47 bits per heavy atom. The molecule has 0 N–H and O–H groups in total. The molecule has 1 fully saturated rings. The van der Waals surface area contributed by atoms with Crippen LogP contribution in [0.25, 0.3) is 10.8 Å². The van der Waals surface area contributed by atoms with Crippen molar-refractivity contribution < 1.29 is 22.4 Å². The van der Waals surface area contributed by atoms with Gasteiger partial charge >= 0.3 is 5.97 Å². The molecule has 0 unspecified atom stereocenters. The monoisotopic (exact) mass is 447 g/mol. The average molecular weight is 448 g/mol. The first-order chi connectivity index (χ1) is 14.5. The van der Waals surface area contributed by atoms with Gasteiger partial charge in [-0.25, -0.2) is 13.2 Å². The molecule has 0 radical (unpaired) electrons. The van der Waals surface area contributed by atoms with Crippen molar-refractivity contribution in [1.29, 1.82) is 0 Å². The van der Waals surface area contributed by atoms with E-state index in [2.05, 4.69) is 10.2 Å². The molecule has 0 atom stereocenters. The van der Waals surface area contributed by atoms with E-state index in [9.17, 15) is 13.2 Å². The Kier molecular flexibility index (Phi) is 6.26. The number of esters is 1. The normalized spacial score (nSPS) is 15.6. The highest BCUT2D eigenvalue weighted by atomic mass is 32.2. The van der Waals surface area contributed by atoms with Crippen LogP contribution in [0.15, 0.2) is 51.1 Å². The first-order valence-electron chi connectivity index (χ1n) is 9.67. The molecular weight excluding hydrogens is 426 g/mol. The van der Waals surface area contributed by atoms with Crippen molar-refractivity contribution in [2.75, 3.05) is 13.1 Å². The van der Waals surface area contributed by atoms with Crippen molar-refractivity contribution in [3.05, 3.63) is 53.2 Å². The molecule has 0 amide bonds. The molecule has 1 aromatic carbocycles. The molecule has 8 nitrogen and oxygen atoms in total. The number of hydrogen-bond acceptors (Lipinski definition) is 8. The van der Waals surface area contributed by atoms with Crippen molar-refractivity contribution in [2.45, 2.75) is 37.2 Å².